The molecule has 2 aromatic carbocycles. The molecule has 0 fully saturated rings. The first-order valence-electron chi connectivity index (χ1n) is 7.80. The molecule has 25 heavy (non-hydrogen) atoms. The molecule has 0 bridgehead atoms. The highest BCUT2D eigenvalue weighted by Gasteiger charge is 2.19. The van der Waals surface area contributed by atoms with Crippen LogP contribution in [0.1, 0.15) is 30.0 Å². The highest BCUT2D eigenvalue weighted by atomic mass is 16.3. The Kier molecular flexibility index (Phi) is 4.65. The maximum atomic E-state index is 12.1. The molecule has 4 N–H and O–H groups in total. The first kappa shape index (κ1) is 16.9. The van der Waals surface area contributed by atoms with Crippen molar-refractivity contribution in [3.8, 4) is 0 Å². The number of hydrogen-bond donors (Lipinski definition) is 4. The van der Waals surface area contributed by atoms with E-state index in [0.29, 0.717) is 16.6 Å². The predicted molar refractivity (Wildman–Crippen MR) is 94.7 cm³/mol. The molecular weight excluding hydrogens is 320 g/mol. The lowest BCUT2D eigenvalue weighted by atomic mass is 10.0. The summed E-state index contributed by atoms with van der Waals surface area (Å²) < 4.78 is 0. The Bertz CT molecular complexity index is 926. The summed E-state index contributed by atoms with van der Waals surface area (Å²) >= 11 is 0. The Balaban J connectivity index is 2.14. The van der Waals surface area contributed by atoms with Gasteiger partial charge in [-0.05, 0) is 30.7 Å². The number of H-pyrrole nitrogens is 1. The van der Waals surface area contributed by atoms with Crippen LogP contribution in [-0.2, 0) is 4.79 Å². The molecular formula is C19H18N2O4. The number of Topliss-reactive ketones (excluding diaryl/α,β-unsaturated/α-hetero) is 1. The molecule has 0 aliphatic heterocycles. The highest BCUT2D eigenvalue weighted by molar-refractivity contribution is 6.25. The number of aliphatic hydroxyl groups is 3. The quantitative estimate of drug-likeness (QED) is 0.423. The summed E-state index contributed by atoms with van der Waals surface area (Å²) in [7, 11) is 0. The Morgan fingerprint density at radius 2 is 1.96 bits per heavy atom. The molecule has 1 heterocycles. The van der Waals surface area contributed by atoms with Crippen molar-refractivity contribution >= 4 is 28.1 Å². The number of nitrogens with one attached hydrogen (secondary N) is 1. The molecule has 0 aliphatic rings. The van der Waals surface area contributed by atoms with E-state index in [1.165, 1.54) is 13.0 Å². The highest BCUT2D eigenvalue weighted by Crippen LogP contribution is 2.27. The van der Waals surface area contributed by atoms with Gasteiger partial charge < -0.3 is 20.3 Å². The molecule has 3 rings (SSSR count). The number of fused-ring (bicyclic) bond motifs is 1. The summed E-state index contributed by atoms with van der Waals surface area (Å²) in [6.45, 7) is 0.919. The lowest BCUT2D eigenvalue weighted by molar-refractivity contribution is -0.111. The summed E-state index contributed by atoms with van der Waals surface area (Å²) in [5.74, 6) is -0.303. The normalized spacial score (nSPS) is 13.6. The maximum absolute atomic E-state index is 12.1. The van der Waals surface area contributed by atoms with Crippen molar-refractivity contribution < 1.29 is 20.1 Å². The van der Waals surface area contributed by atoms with Crippen molar-refractivity contribution in [3.63, 3.8) is 0 Å². The van der Waals surface area contributed by atoms with E-state index >= 15 is 0 Å². The molecule has 1 atom stereocenters. The molecule has 6 nitrogen and oxygen atoms in total. The molecule has 128 valence electrons. The molecule has 0 saturated heterocycles. The van der Waals surface area contributed by atoms with Crippen molar-refractivity contribution in [2.45, 2.75) is 13.0 Å². The minimum Gasteiger partial charge on any atom is -0.506 e. The van der Waals surface area contributed by atoms with Gasteiger partial charge in [0, 0.05) is 5.56 Å². The first-order chi connectivity index (χ1) is 12.0. The average molecular weight is 338 g/mol. The second-order valence-electron chi connectivity index (χ2n) is 5.71. The minimum absolute atomic E-state index is 0.0619. The smallest absolute Gasteiger partial charge is 0.167 e. The van der Waals surface area contributed by atoms with Crippen LogP contribution in [0.2, 0.25) is 0 Å². The van der Waals surface area contributed by atoms with Gasteiger partial charge >= 0.3 is 0 Å². The summed E-state index contributed by atoms with van der Waals surface area (Å²) in [4.78, 5) is 19.6. The topological polar surface area (TPSA) is 106 Å². The van der Waals surface area contributed by atoms with E-state index in [1.807, 2.05) is 24.3 Å². The van der Waals surface area contributed by atoms with Crippen LogP contribution in [0.25, 0.3) is 22.4 Å². The first-order valence-corrected chi connectivity index (χ1v) is 7.80. The number of hydrogen-bond acceptors (Lipinski definition) is 5. The van der Waals surface area contributed by atoms with E-state index in [2.05, 4.69) is 9.97 Å². The number of para-hydroxylation sites is 2. The number of rotatable bonds is 5. The zero-order valence-electron chi connectivity index (χ0n) is 13.6. The zero-order valence-corrected chi connectivity index (χ0v) is 13.6. The zero-order chi connectivity index (χ0) is 18.0. The van der Waals surface area contributed by atoms with Gasteiger partial charge in [0.05, 0.1) is 17.6 Å². The van der Waals surface area contributed by atoms with Crippen molar-refractivity contribution in [1.29, 1.82) is 0 Å². The van der Waals surface area contributed by atoms with E-state index in [4.69, 9.17) is 5.11 Å². The maximum Gasteiger partial charge on any atom is 0.167 e. The lowest BCUT2D eigenvalue weighted by Crippen LogP contribution is -2.05. The Hall–Kier alpha value is -2.96. The minimum atomic E-state index is -1.06. The van der Waals surface area contributed by atoms with Crippen LogP contribution in [0, 0.1) is 0 Å². The van der Waals surface area contributed by atoms with Crippen LogP contribution in [-0.4, -0.2) is 37.7 Å². The van der Waals surface area contributed by atoms with Gasteiger partial charge in [-0.25, -0.2) is 4.98 Å². The third kappa shape index (κ3) is 3.31. The number of allylic oxidation sites excluding steroid dienone is 1. The fraction of sp³-hybridized carbons (Fsp3) is 0.158. The number of carbonyl (C=O) groups excluding carboxylic acids is 1. The van der Waals surface area contributed by atoms with E-state index < -0.39 is 12.7 Å². The molecule has 3 aromatic rings. The number of aromatic nitrogens is 2. The van der Waals surface area contributed by atoms with Crippen molar-refractivity contribution in [3.05, 3.63) is 65.5 Å². The number of imidazole rings is 1. The summed E-state index contributed by atoms with van der Waals surface area (Å²) in [5, 5.41) is 29.5. The number of benzene rings is 2. The van der Waals surface area contributed by atoms with Gasteiger partial charge in [0.1, 0.15) is 23.3 Å². The molecule has 0 spiro atoms. The van der Waals surface area contributed by atoms with Crippen LogP contribution in [0.3, 0.4) is 0 Å². The van der Waals surface area contributed by atoms with Crippen LogP contribution in [0.4, 0.5) is 0 Å². The summed E-state index contributed by atoms with van der Waals surface area (Å²) in [5.41, 5.74) is 2.31. The molecule has 1 aromatic heterocycles. The van der Waals surface area contributed by atoms with Crippen molar-refractivity contribution in [2.75, 3.05) is 6.61 Å². The predicted octanol–water partition coefficient (Wildman–Crippen LogP) is 2.60. The van der Waals surface area contributed by atoms with E-state index in [9.17, 15) is 15.0 Å². The van der Waals surface area contributed by atoms with Gasteiger partial charge in [-0.2, -0.15) is 0 Å². The molecule has 0 aliphatic carbocycles. The Morgan fingerprint density at radius 1 is 1.20 bits per heavy atom. The van der Waals surface area contributed by atoms with Crippen molar-refractivity contribution in [2.24, 2.45) is 0 Å². The summed E-state index contributed by atoms with van der Waals surface area (Å²) in [6.07, 6.45) is -1.06. The standard InChI is InChI=1S/C19H18N2O4/c1-11(23)17(19-20-14-7-2-3-8-15(14)21-19)18(25)13-6-4-5-12(9-13)16(24)10-22/h2-9,16,22,24-25H,10H2,1H3,(H,20,21)/b18-17-/t16-/m0/s1. The van der Waals surface area contributed by atoms with Gasteiger partial charge in [0.2, 0.25) is 0 Å². The van der Waals surface area contributed by atoms with Crippen LogP contribution >= 0.6 is 0 Å². The number of nitrogens with zero attached hydrogens (tertiary/aromatic N) is 1. The molecule has 0 saturated carbocycles. The fourth-order valence-corrected chi connectivity index (χ4v) is 2.66. The number of aromatic amines is 1. The Morgan fingerprint density at radius 3 is 2.64 bits per heavy atom. The van der Waals surface area contributed by atoms with Gasteiger partial charge in [-0.3, -0.25) is 4.79 Å². The van der Waals surface area contributed by atoms with E-state index in [-0.39, 0.29) is 22.9 Å². The SMILES string of the molecule is CC(=O)/C(=C(/O)c1cccc([C@@H](O)CO)c1)c1nc2ccccc2[nH]1. The second kappa shape index (κ2) is 6.88. The van der Waals surface area contributed by atoms with Crippen molar-refractivity contribution in [1.82, 2.24) is 9.97 Å². The van der Waals surface area contributed by atoms with E-state index in [0.717, 1.165) is 5.52 Å². The van der Waals surface area contributed by atoms with Gasteiger partial charge in [-0.1, -0.05) is 30.3 Å². The largest absolute Gasteiger partial charge is 0.506 e. The third-order valence-corrected chi connectivity index (χ3v) is 3.93. The van der Waals surface area contributed by atoms with Gasteiger partial charge in [-0.15, -0.1) is 0 Å². The van der Waals surface area contributed by atoms with Crippen LogP contribution in [0.5, 0.6) is 0 Å². The van der Waals surface area contributed by atoms with Crippen LogP contribution in [0.15, 0.2) is 48.5 Å². The fourth-order valence-electron chi connectivity index (χ4n) is 2.66. The average Bonchev–Trinajstić information content (AvgIpc) is 3.04. The second-order valence-corrected chi connectivity index (χ2v) is 5.71. The number of carbonyl (C=O) groups is 1. The van der Waals surface area contributed by atoms with Gasteiger partial charge in [0.25, 0.3) is 0 Å². The third-order valence-electron chi connectivity index (χ3n) is 3.93. The molecule has 6 heteroatoms. The molecule has 0 unspecified atom stereocenters. The molecule has 0 radical (unpaired) electrons. The lowest BCUT2D eigenvalue weighted by Gasteiger charge is -2.11. The summed E-state index contributed by atoms with van der Waals surface area (Å²) in [6, 6.07) is 13.7. The molecule has 0 amide bonds. The van der Waals surface area contributed by atoms with Crippen LogP contribution < -0.4 is 0 Å². The monoisotopic (exact) mass is 338 g/mol. The number of aliphatic hydroxyl groups excluding tert-OH is 3. The number of ketones is 1. The van der Waals surface area contributed by atoms with E-state index in [1.54, 1.807) is 18.2 Å². The Labute approximate surface area is 144 Å². The van der Waals surface area contributed by atoms with Gasteiger partial charge in [0.15, 0.2) is 5.78 Å².